The SMILES string of the molecule is Cc1nnc(C(=O)CC2(C(=O)CC3CSc4cc(-c5cc(Cl)cc(F)c5-c5nnn(C)n5)ccc43)CC2)o1. The fourth-order valence-electron chi connectivity index (χ4n) is 4.96. The van der Waals surface area contributed by atoms with Crippen LogP contribution in [-0.4, -0.2) is 47.7 Å². The first-order chi connectivity index (χ1) is 18.2. The highest BCUT2D eigenvalue weighted by molar-refractivity contribution is 7.99. The molecule has 1 unspecified atom stereocenters. The lowest BCUT2D eigenvalue weighted by atomic mass is 9.85. The second-order valence-corrected chi connectivity index (χ2v) is 11.3. The number of rotatable bonds is 8. The Morgan fingerprint density at radius 3 is 2.71 bits per heavy atom. The summed E-state index contributed by atoms with van der Waals surface area (Å²) in [5.74, 6) is 0.521. The molecule has 194 valence electrons. The first-order valence-corrected chi connectivity index (χ1v) is 13.5. The van der Waals surface area contributed by atoms with Crippen molar-refractivity contribution in [3.8, 4) is 22.5 Å². The fraction of sp³-hybridized carbons (Fsp3) is 0.346. The molecule has 2 aliphatic rings. The molecule has 0 radical (unpaired) electrons. The number of nitrogens with zero attached hydrogens (tertiary/aromatic N) is 6. The molecule has 0 saturated heterocycles. The number of halogens is 2. The summed E-state index contributed by atoms with van der Waals surface area (Å²) in [5, 5.41) is 19.8. The van der Waals surface area contributed by atoms with Crippen LogP contribution in [-0.2, 0) is 11.8 Å². The second kappa shape index (κ2) is 9.39. The summed E-state index contributed by atoms with van der Waals surface area (Å²) in [5.41, 5.74) is 2.00. The summed E-state index contributed by atoms with van der Waals surface area (Å²) < 4.78 is 20.3. The minimum Gasteiger partial charge on any atom is -0.419 e. The van der Waals surface area contributed by atoms with Gasteiger partial charge in [0.15, 0.2) is 0 Å². The van der Waals surface area contributed by atoms with Gasteiger partial charge in [-0.1, -0.05) is 23.7 Å². The van der Waals surface area contributed by atoms with E-state index in [0.717, 1.165) is 21.8 Å². The van der Waals surface area contributed by atoms with Crippen LogP contribution in [0.5, 0.6) is 0 Å². The third kappa shape index (κ3) is 4.54. The zero-order valence-electron chi connectivity index (χ0n) is 20.6. The van der Waals surface area contributed by atoms with Crippen LogP contribution in [0.2, 0.25) is 5.02 Å². The van der Waals surface area contributed by atoms with E-state index in [2.05, 4.69) is 25.6 Å². The van der Waals surface area contributed by atoms with Gasteiger partial charge < -0.3 is 4.42 Å². The molecule has 1 atom stereocenters. The van der Waals surface area contributed by atoms with Crippen molar-refractivity contribution in [3.63, 3.8) is 0 Å². The Kier molecular flexibility index (Phi) is 6.14. The van der Waals surface area contributed by atoms with Crippen molar-refractivity contribution in [2.75, 3.05) is 5.75 Å². The van der Waals surface area contributed by atoms with Crippen LogP contribution >= 0.6 is 23.4 Å². The largest absolute Gasteiger partial charge is 0.419 e. The van der Waals surface area contributed by atoms with Crippen molar-refractivity contribution in [2.45, 2.75) is 43.4 Å². The first-order valence-electron chi connectivity index (χ1n) is 12.1. The van der Waals surface area contributed by atoms with E-state index in [9.17, 15) is 9.59 Å². The van der Waals surface area contributed by atoms with E-state index >= 15 is 4.39 Å². The summed E-state index contributed by atoms with van der Waals surface area (Å²) in [7, 11) is 1.62. The molecule has 12 heteroatoms. The van der Waals surface area contributed by atoms with Crippen molar-refractivity contribution in [1.82, 2.24) is 30.4 Å². The molecule has 1 fully saturated rings. The third-order valence-corrected chi connectivity index (χ3v) is 8.58. The first kappa shape index (κ1) is 24.9. The molecule has 0 spiro atoms. The van der Waals surface area contributed by atoms with Gasteiger partial charge in [0.1, 0.15) is 11.6 Å². The highest BCUT2D eigenvalue weighted by Gasteiger charge is 2.51. The molecular formula is C26H22ClFN6O3S. The van der Waals surface area contributed by atoms with Gasteiger partial charge in [0, 0.05) is 46.8 Å². The average molecular weight is 553 g/mol. The van der Waals surface area contributed by atoms with Crippen LogP contribution in [0.1, 0.15) is 53.7 Å². The van der Waals surface area contributed by atoms with Gasteiger partial charge in [0.2, 0.25) is 17.5 Å². The summed E-state index contributed by atoms with van der Waals surface area (Å²) in [6.45, 7) is 1.62. The number of carbonyl (C=O) groups is 2. The number of thioether (sulfide) groups is 1. The van der Waals surface area contributed by atoms with Crippen LogP contribution < -0.4 is 0 Å². The Morgan fingerprint density at radius 2 is 2.03 bits per heavy atom. The zero-order valence-corrected chi connectivity index (χ0v) is 22.1. The summed E-state index contributed by atoms with van der Waals surface area (Å²) >= 11 is 7.86. The molecular weight excluding hydrogens is 531 g/mol. The number of carbonyl (C=O) groups excluding carboxylic acids is 2. The van der Waals surface area contributed by atoms with Gasteiger partial charge in [-0.3, -0.25) is 9.59 Å². The second-order valence-electron chi connectivity index (χ2n) is 9.81. The van der Waals surface area contributed by atoms with Gasteiger partial charge in [-0.25, -0.2) is 4.39 Å². The highest BCUT2D eigenvalue weighted by Crippen LogP contribution is 2.53. The minimum atomic E-state index is -0.635. The highest BCUT2D eigenvalue weighted by atomic mass is 35.5. The maximum Gasteiger partial charge on any atom is 0.284 e. The predicted octanol–water partition coefficient (Wildman–Crippen LogP) is 5.23. The molecule has 9 nitrogen and oxygen atoms in total. The van der Waals surface area contributed by atoms with Crippen molar-refractivity contribution in [2.24, 2.45) is 12.5 Å². The molecule has 2 aromatic heterocycles. The van der Waals surface area contributed by atoms with Crippen molar-refractivity contribution < 1.29 is 18.4 Å². The number of Topliss-reactive ketones (excluding diaryl/α,β-unsaturated/α-hetero) is 2. The lowest BCUT2D eigenvalue weighted by Gasteiger charge is -2.16. The van der Waals surface area contributed by atoms with Gasteiger partial charge in [0.25, 0.3) is 5.89 Å². The Hall–Kier alpha value is -3.44. The molecule has 4 aromatic rings. The number of benzene rings is 2. The molecule has 38 heavy (non-hydrogen) atoms. The topological polar surface area (TPSA) is 117 Å². The monoisotopic (exact) mass is 552 g/mol. The number of hydrogen-bond donors (Lipinski definition) is 0. The third-order valence-electron chi connectivity index (χ3n) is 7.13. The van der Waals surface area contributed by atoms with Crippen molar-refractivity contribution in [3.05, 3.63) is 58.5 Å². The van der Waals surface area contributed by atoms with Gasteiger partial charge in [-0.2, -0.15) is 4.80 Å². The average Bonchev–Trinajstić information content (AvgIpc) is 3.17. The van der Waals surface area contributed by atoms with E-state index in [1.807, 2.05) is 18.2 Å². The molecule has 1 aliphatic heterocycles. The minimum absolute atomic E-state index is 0.0343. The Morgan fingerprint density at radius 1 is 1.21 bits per heavy atom. The maximum atomic E-state index is 15.0. The molecule has 0 N–H and O–H groups in total. The number of fused-ring (bicyclic) bond motifs is 1. The normalized spacial score (nSPS) is 17.4. The fourth-order valence-corrected chi connectivity index (χ4v) is 6.46. The van der Waals surface area contributed by atoms with Gasteiger partial charge in [-0.15, -0.1) is 32.2 Å². The van der Waals surface area contributed by atoms with Crippen LogP contribution in [0.4, 0.5) is 4.39 Å². The van der Waals surface area contributed by atoms with E-state index in [-0.39, 0.29) is 46.2 Å². The number of aromatic nitrogens is 6. The standard InChI is InChI=1S/C26H22ClFN6O3S/c1-13-29-31-25(37-13)20(35)11-26(5-6-26)22(36)8-15-12-38-21-7-14(3-4-17(15)21)18-9-16(27)10-19(28)23(18)24-30-33-34(2)32-24/h3-4,7,9-10,15H,5-6,8,11-12H2,1-2H3. The van der Waals surface area contributed by atoms with Crippen LogP contribution in [0.3, 0.4) is 0 Å². The van der Waals surface area contributed by atoms with E-state index < -0.39 is 11.2 Å². The lowest BCUT2D eigenvalue weighted by molar-refractivity contribution is -0.124. The van der Waals surface area contributed by atoms with Crippen LogP contribution in [0, 0.1) is 18.2 Å². The number of hydrogen-bond acceptors (Lipinski definition) is 9. The number of tetrazole rings is 1. The molecule has 6 rings (SSSR count). The zero-order chi connectivity index (χ0) is 26.6. The van der Waals surface area contributed by atoms with Crippen LogP contribution in [0.15, 0.2) is 39.6 Å². The van der Waals surface area contributed by atoms with Crippen LogP contribution in [0.25, 0.3) is 22.5 Å². The quantitative estimate of drug-likeness (QED) is 0.271. The van der Waals surface area contributed by atoms with Gasteiger partial charge in [0.05, 0.1) is 12.6 Å². The smallest absolute Gasteiger partial charge is 0.284 e. The van der Waals surface area contributed by atoms with Gasteiger partial charge >= 0.3 is 0 Å². The summed E-state index contributed by atoms with van der Waals surface area (Å²) in [6.07, 6.45) is 1.83. The van der Waals surface area contributed by atoms with E-state index in [1.54, 1.807) is 31.8 Å². The van der Waals surface area contributed by atoms with E-state index in [1.165, 1.54) is 10.9 Å². The van der Waals surface area contributed by atoms with Crippen molar-refractivity contribution >= 4 is 34.9 Å². The van der Waals surface area contributed by atoms with Crippen molar-refractivity contribution in [1.29, 1.82) is 0 Å². The number of aryl methyl sites for hydroxylation is 2. The Labute approximate surface area is 226 Å². The lowest BCUT2D eigenvalue weighted by Crippen LogP contribution is -2.22. The Bertz CT molecular complexity index is 1600. The molecule has 3 heterocycles. The summed E-state index contributed by atoms with van der Waals surface area (Å²) in [6, 6.07) is 8.81. The number of ketones is 2. The van der Waals surface area contributed by atoms with Gasteiger partial charge in [-0.05, 0) is 52.9 Å². The Balaban J connectivity index is 1.23. The molecule has 0 amide bonds. The van der Waals surface area contributed by atoms with E-state index in [0.29, 0.717) is 30.7 Å². The molecule has 1 aliphatic carbocycles. The molecule has 2 aromatic carbocycles. The van der Waals surface area contributed by atoms with E-state index in [4.69, 9.17) is 16.0 Å². The molecule has 1 saturated carbocycles. The molecule has 0 bridgehead atoms. The maximum absolute atomic E-state index is 15.0. The summed E-state index contributed by atoms with van der Waals surface area (Å²) in [4.78, 5) is 28.2. The predicted molar refractivity (Wildman–Crippen MR) is 137 cm³/mol.